The molecular weight excluding hydrogens is 567 g/mol. The van der Waals surface area contributed by atoms with Gasteiger partial charge in [-0.1, -0.05) is 41.5 Å². The Morgan fingerprint density at radius 2 is 1.55 bits per heavy atom. The molecular formula is C28H47NO8SSi2. The fourth-order valence-electron chi connectivity index (χ4n) is 3.42. The van der Waals surface area contributed by atoms with Crippen LogP contribution in [-0.4, -0.2) is 71.2 Å². The number of amides is 1. The van der Waals surface area contributed by atoms with Crippen LogP contribution in [0.2, 0.25) is 36.3 Å². The number of benzene rings is 1. The lowest BCUT2D eigenvalue weighted by atomic mass is 10.0. The zero-order chi connectivity index (χ0) is 30.8. The lowest BCUT2D eigenvalue weighted by Crippen LogP contribution is -2.48. The fraction of sp³-hybridized carbons (Fsp3) is 0.679. The number of nitrogens with one attached hydrogen (secondary N) is 1. The molecule has 0 aliphatic carbocycles. The number of cyclic esters (lactones) is 1. The number of carbonyl (C=O) groups is 3. The number of thioether (sulfide) groups is 1. The minimum absolute atomic E-state index is 0.0908. The Morgan fingerprint density at radius 1 is 1.02 bits per heavy atom. The van der Waals surface area contributed by atoms with Crippen LogP contribution in [0.4, 0.5) is 0 Å². The molecule has 9 nitrogen and oxygen atoms in total. The molecule has 2 atom stereocenters. The quantitative estimate of drug-likeness (QED) is 0.342. The number of aliphatic hydroxyl groups is 1. The highest BCUT2D eigenvalue weighted by atomic mass is 32.2. The number of aliphatic hydroxyl groups excluding tert-OH is 1. The van der Waals surface area contributed by atoms with Crippen LogP contribution in [-0.2, 0) is 24.8 Å². The Labute approximate surface area is 245 Å². The number of hydrogen-bond donors (Lipinski definition) is 2. The maximum absolute atomic E-state index is 13.6. The molecule has 1 amide bonds. The molecule has 1 aromatic carbocycles. The summed E-state index contributed by atoms with van der Waals surface area (Å²) in [4.78, 5) is 38.5. The van der Waals surface area contributed by atoms with Crippen molar-refractivity contribution >= 4 is 46.2 Å². The van der Waals surface area contributed by atoms with Crippen molar-refractivity contribution in [3.05, 3.63) is 22.8 Å². The molecule has 0 fully saturated rings. The van der Waals surface area contributed by atoms with Crippen LogP contribution in [0.25, 0.3) is 0 Å². The van der Waals surface area contributed by atoms with Crippen molar-refractivity contribution in [2.45, 2.75) is 103 Å². The Kier molecular flexibility index (Phi) is 10.6. The fourth-order valence-corrected chi connectivity index (χ4v) is 6.59. The third kappa shape index (κ3) is 7.83. The number of ether oxygens (including phenoxy) is 2. The van der Waals surface area contributed by atoms with Crippen LogP contribution >= 0.6 is 11.8 Å². The second-order valence-electron chi connectivity index (χ2n) is 13.3. The molecule has 0 spiro atoms. The molecule has 1 aromatic rings. The van der Waals surface area contributed by atoms with E-state index < -0.39 is 53.2 Å². The summed E-state index contributed by atoms with van der Waals surface area (Å²) in [6.07, 6.45) is -1.65. The van der Waals surface area contributed by atoms with Gasteiger partial charge in [-0.25, -0.2) is 9.59 Å². The van der Waals surface area contributed by atoms with Gasteiger partial charge in [0.1, 0.15) is 24.1 Å². The van der Waals surface area contributed by atoms with E-state index in [0.717, 1.165) is 0 Å². The summed E-state index contributed by atoms with van der Waals surface area (Å²) in [7, 11) is -3.44. The van der Waals surface area contributed by atoms with Crippen molar-refractivity contribution in [1.82, 2.24) is 5.32 Å². The summed E-state index contributed by atoms with van der Waals surface area (Å²) >= 11 is 1.35. The summed E-state index contributed by atoms with van der Waals surface area (Å²) in [6.45, 7) is 22.6. The summed E-state index contributed by atoms with van der Waals surface area (Å²) in [5, 5.41) is 12.7. The molecule has 0 aromatic heterocycles. The van der Waals surface area contributed by atoms with Gasteiger partial charge < -0.3 is 28.7 Å². The lowest BCUT2D eigenvalue weighted by molar-refractivity contribution is -0.146. The molecule has 1 heterocycles. The highest BCUT2D eigenvalue weighted by Crippen LogP contribution is 2.45. The average molecular weight is 614 g/mol. The number of hydrogen-bond acceptors (Lipinski definition) is 9. The van der Waals surface area contributed by atoms with Gasteiger partial charge >= 0.3 is 11.9 Å². The van der Waals surface area contributed by atoms with Gasteiger partial charge in [-0.2, -0.15) is 11.8 Å². The zero-order valence-corrected chi connectivity index (χ0v) is 28.9. The zero-order valence-electron chi connectivity index (χ0n) is 26.1. The summed E-state index contributed by atoms with van der Waals surface area (Å²) in [5.74, 6) is -0.555. The standard InChI is InChI=1S/C28H47NO8SSi2/c1-17-21(36-39(9,10)27(2,3)4)13-22(37-40(11,12)28(5,6)7)18-15-38-16-19(25(32)34-8)29-24(31)20(30)14-35-26(33)23(17)18/h13,19-20,30H,14-16H2,1-12H3,(H,29,31)/t19-,20-/m0/s1. The van der Waals surface area contributed by atoms with E-state index in [2.05, 4.69) is 73.0 Å². The van der Waals surface area contributed by atoms with E-state index in [0.29, 0.717) is 33.9 Å². The first-order chi connectivity index (χ1) is 18.1. The highest BCUT2D eigenvalue weighted by Gasteiger charge is 2.42. The van der Waals surface area contributed by atoms with Crippen LogP contribution in [0.3, 0.4) is 0 Å². The van der Waals surface area contributed by atoms with E-state index in [1.807, 2.05) is 13.0 Å². The Bertz CT molecular complexity index is 1120. The second kappa shape index (κ2) is 12.5. The van der Waals surface area contributed by atoms with Gasteiger partial charge in [0.15, 0.2) is 6.10 Å². The molecule has 2 N–H and O–H groups in total. The molecule has 0 unspecified atom stereocenters. The number of methoxy groups -OCH3 is 1. The maximum Gasteiger partial charge on any atom is 0.339 e. The second-order valence-corrected chi connectivity index (χ2v) is 23.8. The van der Waals surface area contributed by atoms with Gasteiger partial charge in [-0.3, -0.25) is 4.79 Å². The molecule has 0 bridgehead atoms. The van der Waals surface area contributed by atoms with Crippen LogP contribution in [0.15, 0.2) is 6.07 Å². The summed E-state index contributed by atoms with van der Waals surface area (Å²) in [5.41, 5.74) is 1.53. The van der Waals surface area contributed by atoms with Crippen LogP contribution in [0.5, 0.6) is 11.5 Å². The molecule has 0 saturated carbocycles. The summed E-state index contributed by atoms with van der Waals surface area (Å²) in [6, 6.07) is 0.909. The molecule has 226 valence electrons. The number of fused-ring (bicyclic) bond motifs is 1. The molecule has 12 heteroatoms. The van der Waals surface area contributed by atoms with Crippen LogP contribution in [0.1, 0.15) is 63.0 Å². The largest absolute Gasteiger partial charge is 0.543 e. The van der Waals surface area contributed by atoms with Crippen molar-refractivity contribution < 1.29 is 37.8 Å². The van der Waals surface area contributed by atoms with Crippen molar-refractivity contribution in [1.29, 1.82) is 0 Å². The van der Waals surface area contributed by atoms with Gasteiger partial charge in [-0.15, -0.1) is 0 Å². The van der Waals surface area contributed by atoms with E-state index in [4.69, 9.17) is 18.3 Å². The van der Waals surface area contributed by atoms with Gasteiger partial charge in [0, 0.05) is 28.7 Å². The molecule has 0 saturated heterocycles. The average Bonchev–Trinajstić information content (AvgIpc) is 2.81. The van der Waals surface area contributed by atoms with E-state index in [1.165, 1.54) is 18.9 Å². The first kappa shape index (κ1) is 34.2. The first-order valence-electron chi connectivity index (χ1n) is 13.5. The number of esters is 2. The van der Waals surface area contributed by atoms with Crippen LogP contribution in [0, 0.1) is 6.92 Å². The van der Waals surface area contributed by atoms with Crippen molar-refractivity contribution in [2.75, 3.05) is 19.5 Å². The summed E-state index contributed by atoms with van der Waals surface area (Å²) < 4.78 is 23.8. The van der Waals surface area contributed by atoms with Gasteiger partial charge in [0.2, 0.25) is 16.6 Å². The lowest BCUT2D eigenvalue weighted by Gasteiger charge is -2.39. The third-order valence-corrected chi connectivity index (χ3v) is 17.9. The smallest absolute Gasteiger partial charge is 0.339 e. The maximum atomic E-state index is 13.6. The predicted octanol–water partition coefficient (Wildman–Crippen LogP) is 5.19. The third-order valence-electron chi connectivity index (χ3n) is 8.16. The van der Waals surface area contributed by atoms with E-state index in [1.54, 1.807) is 0 Å². The van der Waals surface area contributed by atoms with E-state index in [9.17, 15) is 19.5 Å². The minimum Gasteiger partial charge on any atom is -0.543 e. The van der Waals surface area contributed by atoms with Gasteiger partial charge in [0.25, 0.3) is 5.91 Å². The monoisotopic (exact) mass is 613 g/mol. The Balaban J connectivity index is 2.78. The Morgan fingerprint density at radius 3 is 2.05 bits per heavy atom. The van der Waals surface area contributed by atoms with Crippen LogP contribution < -0.4 is 14.2 Å². The molecule has 40 heavy (non-hydrogen) atoms. The van der Waals surface area contributed by atoms with Crippen molar-refractivity contribution in [3.63, 3.8) is 0 Å². The molecule has 1 aliphatic rings. The predicted molar refractivity (Wildman–Crippen MR) is 163 cm³/mol. The molecule has 1 aliphatic heterocycles. The minimum atomic E-state index is -2.37. The topological polar surface area (TPSA) is 120 Å². The molecule has 0 radical (unpaired) electrons. The normalized spacial score (nSPS) is 19.8. The number of rotatable bonds is 5. The van der Waals surface area contributed by atoms with Gasteiger partial charge in [-0.05, 0) is 43.2 Å². The van der Waals surface area contributed by atoms with Crippen molar-refractivity contribution in [2.24, 2.45) is 0 Å². The van der Waals surface area contributed by atoms with E-state index >= 15 is 0 Å². The first-order valence-corrected chi connectivity index (χ1v) is 20.5. The SMILES string of the molecule is COC(=O)[C@@H]1CSCc2c(O[Si](C)(C)C(C)(C)C)cc(O[Si](C)(C)C(C)(C)C)c(C)c2C(=O)OC[C@H](O)C(=O)N1. The molecule has 2 rings (SSSR count). The van der Waals surface area contributed by atoms with Crippen molar-refractivity contribution in [3.8, 4) is 11.5 Å². The number of carbonyl (C=O) groups excluding carboxylic acids is 3. The van der Waals surface area contributed by atoms with Gasteiger partial charge in [0.05, 0.1) is 12.7 Å². The van der Waals surface area contributed by atoms with E-state index in [-0.39, 0.29) is 15.8 Å². The Hall–Kier alpha value is -2.03. The highest BCUT2D eigenvalue weighted by molar-refractivity contribution is 7.98.